The lowest BCUT2D eigenvalue weighted by atomic mass is 10.1. The number of rotatable bonds is 3. The number of fused-ring (bicyclic) bond motifs is 1. The second kappa shape index (κ2) is 6.00. The fourth-order valence-electron chi connectivity index (χ4n) is 2.13. The zero-order chi connectivity index (χ0) is 14.8. The van der Waals surface area contributed by atoms with Crippen LogP contribution in [0, 0.1) is 0 Å². The minimum Gasteiger partial charge on any atom is -0.464 e. The molecule has 0 amide bonds. The van der Waals surface area contributed by atoms with Crippen LogP contribution in [0.2, 0.25) is 5.02 Å². The van der Waals surface area contributed by atoms with Crippen molar-refractivity contribution in [3.63, 3.8) is 0 Å². The van der Waals surface area contributed by atoms with E-state index in [9.17, 15) is 0 Å². The predicted octanol–water partition coefficient (Wildman–Crippen LogP) is 5.11. The molecule has 3 aromatic rings. The molecule has 0 spiro atoms. The Labute approximate surface area is 136 Å². The zero-order valence-corrected chi connectivity index (χ0v) is 13.6. The molecule has 21 heavy (non-hydrogen) atoms. The molecule has 3 nitrogen and oxygen atoms in total. The molecule has 0 aliphatic carbocycles. The Morgan fingerprint density at radius 3 is 2.71 bits per heavy atom. The molecule has 0 fully saturated rings. The Balaban J connectivity index is 2.33. The number of hydrogen-bond acceptors (Lipinski definition) is 3. The summed E-state index contributed by atoms with van der Waals surface area (Å²) in [5, 5.41) is 1.58. The molecule has 0 saturated carbocycles. The average molecular weight is 364 g/mol. The van der Waals surface area contributed by atoms with Gasteiger partial charge in [0.15, 0.2) is 0 Å². The number of aromatic nitrogens is 2. The van der Waals surface area contributed by atoms with Gasteiger partial charge in [-0.1, -0.05) is 45.7 Å². The van der Waals surface area contributed by atoms with Crippen LogP contribution in [0.1, 0.15) is 6.92 Å². The minimum atomic E-state index is 0.363. The Morgan fingerprint density at radius 1 is 1.14 bits per heavy atom. The van der Waals surface area contributed by atoms with Crippen LogP contribution in [0.3, 0.4) is 0 Å². The van der Waals surface area contributed by atoms with E-state index in [0.29, 0.717) is 17.6 Å². The summed E-state index contributed by atoms with van der Waals surface area (Å²) in [5.41, 5.74) is 2.47. The van der Waals surface area contributed by atoms with Gasteiger partial charge in [-0.25, -0.2) is 0 Å². The van der Waals surface area contributed by atoms with Gasteiger partial charge < -0.3 is 4.74 Å². The van der Waals surface area contributed by atoms with Gasteiger partial charge in [-0.05, 0) is 31.2 Å². The highest BCUT2D eigenvalue weighted by molar-refractivity contribution is 9.10. The molecule has 5 heteroatoms. The van der Waals surface area contributed by atoms with Gasteiger partial charge in [0.1, 0.15) is 0 Å². The van der Waals surface area contributed by atoms with Crippen molar-refractivity contribution in [3.05, 3.63) is 52.0 Å². The topological polar surface area (TPSA) is 35.0 Å². The van der Waals surface area contributed by atoms with E-state index in [4.69, 9.17) is 16.3 Å². The summed E-state index contributed by atoms with van der Waals surface area (Å²) in [4.78, 5) is 8.95. The van der Waals surface area contributed by atoms with E-state index >= 15 is 0 Å². The minimum absolute atomic E-state index is 0.363. The molecule has 0 aliphatic heterocycles. The van der Waals surface area contributed by atoms with Crippen LogP contribution in [0.5, 0.6) is 6.01 Å². The molecular weight excluding hydrogens is 352 g/mol. The molecule has 2 aromatic carbocycles. The van der Waals surface area contributed by atoms with Crippen LogP contribution in [-0.2, 0) is 0 Å². The van der Waals surface area contributed by atoms with Crippen molar-refractivity contribution in [2.24, 2.45) is 0 Å². The van der Waals surface area contributed by atoms with E-state index in [1.165, 1.54) is 0 Å². The normalized spacial score (nSPS) is 10.8. The number of ether oxygens (including phenoxy) is 1. The largest absolute Gasteiger partial charge is 0.464 e. The lowest BCUT2D eigenvalue weighted by molar-refractivity contribution is 0.314. The van der Waals surface area contributed by atoms with Crippen molar-refractivity contribution in [2.75, 3.05) is 6.61 Å². The quantitative estimate of drug-likeness (QED) is 0.648. The SMILES string of the molecule is CCOc1nc(-c2ccccc2Cl)c2cc(Br)ccc2n1. The van der Waals surface area contributed by atoms with Gasteiger partial charge in [0, 0.05) is 20.4 Å². The average Bonchev–Trinajstić information content (AvgIpc) is 2.48. The summed E-state index contributed by atoms with van der Waals surface area (Å²) in [7, 11) is 0. The molecule has 0 atom stereocenters. The highest BCUT2D eigenvalue weighted by Gasteiger charge is 2.13. The number of hydrogen-bond donors (Lipinski definition) is 0. The van der Waals surface area contributed by atoms with Crippen LogP contribution in [-0.4, -0.2) is 16.6 Å². The first-order valence-electron chi connectivity index (χ1n) is 6.54. The van der Waals surface area contributed by atoms with Gasteiger partial charge in [0.25, 0.3) is 0 Å². The summed E-state index contributed by atoms with van der Waals surface area (Å²) in [6.07, 6.45) is 0. The summed E-state index contributed by atoms with van der Waals surface area (Å²) in [6.45, 7) is 2.42. The standard InChI is InChI=1S/C16H12BrClN2O/c1-2-21-16-19-14-8-7-10(17)9-12(14)15(20-16)11-5-3-4-6-13(11)18/h3-9H,2H2,1H3. The molecule has 106 valence electrons. The predicted molar refractivity (Wildman–Crippen MR) is 88.9 cm³/mol. The second-order valence-corrected chi connectivity index (χ2v) is 5.75. The van der Waals surface area contributed by atoms with Crippen molar-refractivity contribution in [1.82, 2.24) is 9.97 Å². The van der Waals surface area contributed by atoms with Crippen LogP contribution in [0.4, 0.5) is 0 Å². The second-order valence-electron chi connectivity index (χ2n) is 4.43. The Morgan fingerprint density at radius 2 is 1.95 bits per heavy atom. The molecule has 0 radical (unpaired) electrons. The van der Waals surface area contributed by atoms with E-state index in [2.05, 4.69) is 25.9 Å². The first-order chi connectivity index (χ1) is 10.2. The first-order valence-corrected chi connectivity index (χ1v) is 7.71. The maximum atomic E-state index is 6.32. The van der Waals surface area contributed by atoms with Gasteiger partial charge in [-0.3, -0.25) is 0 Å². The fourth-order valence-corrected chi connectivity index (χ4v) is 2.72. The van der Waals surface area contributed by atoms with Gasteiger partial charge in [0.2, 0.25) is 0 Å². The molecule has 0 N–H and O–H groups in total. The lowest BCUT2D eigenvalue weighted by Gasteiger charge is -2.10. The summed E-state index contributed by atoms with van der Waals surface area (Å²) < 4.78 is 6.44. The summed E-state index contributed by atoms with van der Waals surface area (Å²) in [6, 6.07) is 13.9. The number of halogens is 2. The van der Waals surface area contributed by atoms with Crippen LogP contribution in [0.25, 0.3) is 22.2 Å². The Kier molecular flexibility index (Phi) is 4.08. The zero-order valence-electron chi connectivity index (χ0n) is 11.3. The van der Waals surface area contributed by atoms with Crippen molar-refractivity contribution >= 4 is 38.4 Å². The number of nitrogens with zero attached hydrogens (tertiary/aromatic N) is 2. The number of benzene rings is 2. The summed E-state index contributed by atoms with van der Waals surface area (Å²) >= 11 is 9.80. The molecular formula is C16H12BrClN2O. The Hall–Kier alpha value is -1.65. The maximum absolute atomic E-state index is 6.32. The van der Waals surface area contributed by atoms with Crippen molar-refractivity contribution in [1.29, 1.82) is 0 Å². The molecule has 0 saturated heterocycles. The third kappa shape index (κ3) is 2.87. The van der Waals surface area contributed by atoms with Gasteiger partial charge in [-0.15, -0.1) is 0 Å². The fraction of sp³-hybridized carbons (Fsp3) is 0.125. The molecule has 0 aliphatic rings. The van der Waals surface area contributed by atoms with E-state index in [0.717, 1.165) is 26.6 Å². The third-order valence-corrected chi connectivity index (χ3v) is 3.86. The van der Waals surface area contributed by atoms with Gasteiger partial charge >= 0.3 is 6.01 Å². The third-order valence-electron chi connectivity index (χ3n) is 3.04. The molecule has 0 unspecified atom stereocenters. The van der Waals surface area contributed by atoms with Crippen LogP contribution >= 0.6 is 27.5 Å². The highest BCUT2D eigenvalue weighted by Crippen LogP contribution is 2.33. The molecule has 1 heterocycles. The molecule has 3 rings (SSSR count). The van der Waals surface area contributed by atoms with Crippen LogP contribution < -0.4 is 4.74 Å². The van der Waals surface area contributed by atoms with E-state index in [1.807, 2.05) is 49.4 Å². The highest BCUT2D eigenvalue weighted by atomic mass is 79.9. The van der Waals surface area contributed by atoms with Gasteiger partial charge in [0.05, 0.1) is 17.8 Å². The van der Waals surface area contributed by atoms with Crippen molar-refractivity contribution < 1.29 is 4.74 Å². The van der Waals surface area contributed by atoms with E-state index in [1.54, 1.807) is 0 Å². The monoisotopic (exact) mass is 362 g/mol. The first kappa shape index (κ1) is 14.3. The molecule has 1 aromatic heterocycles. The maximum Gasteiger partial charge on any atom is 0.317 e. The van der Waals surface area contributed by atoms with Gasteiger partial charge in [-0.2, -0.15) is 9.97 Å². The Bertz CT molecular complexity index is 807. The van der Waals surface area contributed by atoms with E-state index < -0.39 is 0 Å². The van der Waals surface area contributed by atoms with E-state index in [-0.39, 0.29) is 0 Å². The van der Waals surface area contributed by atoms with Crippen LogP contribution in [0.15, 0.2) is 46.9 Å². The smallest absolute Gasteiger partial charge is 0.317 e. The summed E-state index contributed by atoms with van der Waals surface area (Å²) in [5.74, 6) is 0. The lowest BCUT2D eigenvalue weighted by Crippen LogP contribution is -2.00. The van der Waals surface area contributed by atoms with Crippen molar-refractivity contribution in [2.45, 2.75) is 6.92 Å². The molecule has 0 bridgehead atoms. The van der Waals surface area contributed by atoms with Crippen molar-refractivity contribution in [3.8, 4) is 17.3 Å².